The molecule has 3 heterocycles. The van der Waals surface area contributed by atoms with Crippen molar-refractivity contribution in [2.24, 2.45) is 0 Å². The third-order valence-corrected chi connectivity index (χ3v) is 6.48. The van der Waals surface area contributed by atoms with Crippen LogP contribution < -0.4 is 9.46 Å². The predicted molar refractivity (Wildman–Crippen MR) is 117 cm³/mol. The standard InChI is InChI=1S/C22H15F2N5O3S/c1-32-22-18(28-33(30,31)20-6-5-16(23)10-17(20)24)8-15(11-25-22)14-3-2-13-4-7-21-27-26-12-29(21)19(13)9-14/h2-12,28H,1H3. The average Bonchev–Trinajstić information content (AvgIpc) is 3.27. The molecule has 0 aliphatic rings. The first-order chi connectivity index (χ1) is 15.9. The zero-order valence-corrected chi connectivity index (χ0v) is 17.8. The van der Waals surface area contributed by atoms with Gasteiger partial charge in [-0.2, -0.15) is 0 Å². The first kappa shape index (κ1) is 20.8. The highest BCUT2D eigenvalue weighted by molar-refractivity contribution is 7.92. The van der Waals surface area contributed by atoms with Crippen molar-refractivity contribution in [1.29, 1.82) is 0 Å². The first-order valence-corrected chi connectivity index (χ1v) is 11.1. The number of methoxy groups -OCH3 is 1. The smallest absolute Gasteiger partial charge is 0.264 e. The molecule has 0 saturated heterocycles. The second-order valence-electron chi connectivity index (χ2n) is 7.13. The van der Waals surface area contributed by atoms with E-state index >= 15 is 0 Å². The maximum Gasteiger partial charge on any atom is 0.264 e. The zero-order valence-electron chi connectivity index (χ0n) is 17.0. The van der Waals surface area contributed by atoms with Crippen LogP contribution in [0.4, 0.5) is 14.5 Å². The molecule has 8 nitrogen and oxygen atoms in total. The summed E-state index contributed by atoms with van der Waals surface area (Å²) in [5.74, 6) is -2.10. The van der Waals surface area contributed by atoms with E-state index in [1.807, 2.05) is 34.7 Å². The third kappa shape index (κ3) is 3.72. The molecule has 5 aromatic rings. The third-order valence-electron chi connectivity index (χ3n) is 5.08. The fraction of sp³-hybridized carbons (Fsp3) is 0.0455. The lowest BCUT2D eigenvalue weighted by Gasteiger charge is -2.13. The van der Waals surface area contributed by atoms with Crippen molar-refractivity contribution in [2.75, 3.05) is 11.8 Å². The summed E-state index contributed by atoms with van der Waals surface area (Å²) in [5, 5.41) is 8.93. The van der Waals surface area contributed by atoms with Crippen molar-refractivity contribution in [2.45, 2.75) is 4.90 Å². The van der Waals surface area contributed by atoms with Crippen LogP contribution in [0.1, 0.15) is 0 Å². The molecule has 0 bridgehead atoms. The van der Waals surface area contributed by atoms with E-state index in [1.165, 1.54) is 19.4 Å². The number of nitrogens with one attached hydrogen (secondary N) is 1. The highest BCUT2D eigenvalue weighted by atomic mass is 32.2. The SMILES string of the molecule is COc1ncc(-c2ccc3ccc4nncn4c3c2)cc1NS(=O)(=O)c1ccc(F)cc1F. The minimum Gasteiger partial charge on any atom is -0.480 e. The van der Waals surface area contributed by atoms with Gasteiger partial charge in [-0.25, -0.2) is 22.2 Å². The van der Waals surface area contributed by atoms with E-state index in [1.54, 1.807) is 6.33 Å². The Morgan fingerprint density at radius 1 is 1.00 bits per heavy atom. The van der Waals surface area contributed by atoms with Gasteiger partial charge in [0.25, 0.3) is 10.0 Å². The van der Waals surface area contributed by atoms with Crippen molar-refractivity contribution in [1.82, 2.24) is 19.6 Å². The van der Waals surface area contributed by atoms with Crippen molar-refractivity contribution < 1.29 is 21.9 Å². The number of nitrogens with zero attached hydrogens (tertiary/aromatic N) is 4. The molecular formula is C22H15F2N5O3S. The Labute approximate surface area is 186 Å². The first-order valence-electron chi connectivity index (χ1n) is 9.60. The fourth-order valence-electron chi connectivity index (χ4n) is 3.52. The van der Waals surface area contributed by atoms with Gasteiger partial charge in [0.15, 0.2) is 5.65 Å². The number of rotatable bonds is 5. The van der Waals surface area contributed by atoms with Gasteiger partial charge in [-0.05, 0) is 47.3 Å². The summed E-state index contributed by atoms with van der Waals surface area (Å²) in [6, 6.07) is 13.2. The Balaban J connectivity index is 1.59. The topological polar surface area (TPSA) is 98.5 Å². The molecule has 0 aliphatic heterocycles. The van der Waals surface area contributed by atoms with Crippen LogP contribution in [-0.2, 0) is 10.0 Å². The van der Waals surface area contributed by atoms with Gasteiger partial charge in [0.2, 0.25) is 5.88 Å². The van der Waals surface area contributed by atoms with E-state index in [4.69, 9.17) is 4.74 Å². The number of anilines is 1. The van der Waals surface area contributed by atoms with E-state index in [-0.39, 0.29) is 11.6 Å². The summed E-state index contributed by atoms with van der Waals surface area (Å²) in [6.07, 6.45) is 3.13. The van der Waals surface area contributed by atoms with Crippen LogP contribution in [-0.4, -0.2) is 35.1 Å². The number of ether oxygens (including phenoxy) is 1. The molecule has 0 radical (unpaired) electrons. The summed E-state index contributed by atoms with van der Waals surface area (Å²) in [4.78, 5) is 3.49. The molecule has 1 N–H and O–H groups in total. The molecule has 2 aromatic carbocycles. The van der Waals surface area contributed by atoms with Gasteiger partial charge in [-0.15, -0.1) is 10.2 Å². The highest BCUT2D eigenvalue weighted by Crippen LogP contribution is 2.32. The van der Waals surface area contributed by atoms with Gasteiger partial charge >= 0.3 is 0 Å². The largest absolute Gasteiger partial charge is 0.480 e. The maximum atomic E-state index is 14.1. The van der Waals surface area contributed by atoms with E-state index in [0.717, 1.165) is 28.6 Å². The molecule has 0 atom stereocenters. The normalized spacial score (nSPS) is 11.7. The molecule has 33 heavy (non-hydrogen) atoms. The van der Waals surface area contributed by atoms with Gasteiger partial charge < -0.3 is 4.74 Å². The van der Waals surface area contributed by atoms with Crippen molar-refractivity contribution in [3.8, 4) is 17.0 Å². The lowest BCUT2D eigenvalue weighted by molar-refractivity contribution is 0.400. The van der Waals surface area contributed by atoms with Crippen LogP contribution in [0.3, 0.4) is 0 Å². The van der Waals surface area contributed by atoms with Crippen molar-refractivity contribution in [3.05, 3.63) is 78.8 Å². The number of hydrogen-bond acceptors (Lipinski definition) is 6. The van der Waals surface area contributed by atoms with Crippen LogP contribution in [0.5, 0.6) is 5.88 Å². The number of sulfonamides is 1. The maximum absolute atomic E-state index is 14.1. The molecule has 5 rings (SSSR count). The number of pyridine rings is 2. The van der Waals surface area contributed by atoms with Gasteiger partial charge in [0, 0.05) is 17.8 Å². The van der Waals surface area contributed by atoms with Gasteiger partial charge in [-0.3, -0.25) is 9.12 Å². The van der Waals surface area contributed by atoms with Crippen LogP contribution in [0.15, 0.2) is 72.0 Å². The minimum atomic E-state index is -4.38. The Hall–Kier alpha value is -4.12. The molecule has 166 valence electrons. The number of hydrogen-bond donors (Lipinski definition) is 1. The summed E-state index contributed by atoms with van der Waals surface area (Å²) in [5.41, 5.74) is 2.86. The quantitative estimate of drug-likeness (QED) is 0.419. The van der Waals surface area contributed by atoms with Gasteiger partial charge in [0.1, 0.15) is 28.5 Å². The lowest BCUT2D eigenvalue weighted by Crippen LogP contribution is -2.15. The summed E-state index contributed by atoms with van der Waals surface area (Å²) in [6.45, 7) is 0. The molecule has 0 saturated carbocycles. The Morgan fingerprint density at radius 2 is 1.82 bits per heavy atom. The van der Waals surface area contributed by atoms with Crippen LogP contribution >= 0.6 is 0 Å². The molecule has 0 spiro atoms. The Morgan fingerprint density at radius 3 is 2.61 bits per heavy atom. The van der Waals surface area contributed by atoms with Crippen LogP contribution in [0.25, 0.3) is 27.7 Å². The Bertz CT molecular complexity index is 1640. The molecule has 3 aromatic heterocycles. The number of aromatic nitrogens is 4. The average molecular weight is 467 g/mol. The second kappa shape index (κ2) is 7.78. The lowest BCUT2D eigenvalue weighted by atomic mass is 10.0. The second-order valence-corrected chi connectivity index (χ2v) is 8.78. The highest BCUT2D eigenvalue weighted by Gasteiger charge is 2.22. The van der Waals surface area contributed by atoms with Crippen LogP contribution in [0.2, 0.25) is 0 Å². The molecule has 0 fully saturated rings. The van der Waals surface area contributed by atoms with E-state index in [2.05, 4.69) is 19.9 Å². The van der Waals surface area contributed by atoms with Gasteiger partial charge in [0.05, 0.1) is 12.6 Å². The number of benzene rings is 2. The molecule has 11 heteroatoms. The molecule has 0 amide bonds. The van der Waals surface area contributed by atoms with Crippen molar-refractivity contribution in [3.63, 3.8) is 0 Å². The number of halogens is 2. The van der Waals surface area contributed by atoms with Crippen molar-refractivity contribution >= 4 is 32.3 Å². The Kier molecular flexibility index (Phi) is 4.90. The molecule has 0 unspecified atom stereocenters. The minimum absolute atomic E-state index is 0.00123. The summed E-state index contributed by atoms with van der Waals surface area (Å²) >= 11 is 0. The van der Waals surface area contributed by atoms with E-state index in [9.17, 15) is 17.2 Å². The van der Waals surface area contributed by atoms with Gasteiger partial charge in [-0.1, -0.05) is 12.1 Å². The molecular weight excluding hydrogens is 452 g/mol. The van der Waals surface area contributed by atoms with E-state index < -0.39 is 26.6 Å². The predicted octanol–water partition coefficient (Wildman–Crippen LogP) is 4.03. The number of fused-ring (bicyclic) bond motifs is 3. The monoisotopic (exact) mass is 467 g/mol. The molecule has 0 aliphatic carbocycles. The zero-order chi connectivity index (χ0) is 23.2. The van der Waals surface area contributed by atoms with Crippen LogP contribution in [0, 0.1) is 11.6 Å². The summed E-state index contributed by atoms with van der Waals surface area (Å²) in [7, 11) is -3.05. The fourth-order valence-corrected chi connectivity index (χ4v) is 4.63. The summed E-state index contributed by atoms with van der Waals surface area (Å²) < 4.78 is 62.1. The van der Waals surface area contributed by atoms with E-state index in [0.29, 0.717) is 17.3 Å².